The Balaban J connectivity index is 2.60. The van der Waals surface area contributed by atoms with Crippen LogP contribution in [0.25, 0.3) is 10.8 Å². The van der Waals surface area contributed by atoms with Crippen LogP contribution in [0.3, 0.4) is 0 Å². The number of benzene rings is 2. The second-order valence-corrected chi connectivity index (χ2v) is 3.48. The van der Waals surface area contributed by atoms with Crippen LogP contribution in [0.4, 0.5) is 8.78 Å². The van der Waals surface area contributed by atoms with Gasteiger partial charge in [0.05, 0.1) is 12.5 Å². The quantitative estimate of drug-likeness (QED) is 0.812. The van der Waals surface area contributed by atoms with Crippen molar-refractivity contribution in [2.45, 2.75) is 13.0 Å². The van der Waals surface area contributed by atoms with Gasteiger partial charge in [-0.25, -0.2) is 0 Å². The first-order valence-corrected chi connectivity index (χ1v) is 5.05. The third-order valence-electron chi connectivity index (χ3n) is 2.47. The Morgan fingerprint density at radius 2 is 1.94 bits per heavy atom. The smallest absolute Gasteiger partial charge is 0.387 e. The lowest BCUT2D eigenvalue weighted by Crippen LogP contribution is -2.04. The Morgan fingerprint density at radius 3 is 2.65 bits per heavy atom. The van der Waals surface area contributed by atoms with Crippen LogP contribution in [0.15, 0.2) is 36.4 Å². The first kappa shape index (κ1) is 11.3. The highest BCUT2D eigenvalue weighted by molar-refractivity contribution is 5.88. The fourth-order valence-corrected chi connectivity index (χ4v) is 1.78. The second-order valence-electron chi connectivity index (χ2n) is 3.48. The van der Waals surface area contributed by atoms with Crippen LogP contribution in [0.1, 0.15) is 5.56 Å². The Kier molecular flexibility index (Phi) is 3.20. The Hall–Kier alpha value is -2.15. The highest BCUT2D eigenvalue weighted by Gasteiger charge is 2.12. The average molecular weight is 233 g/mol. The van der Waals surface area contributed by atoms with Crippen LogP contribution in [-0.2, 0) is 6.42 Å². The number of nitriles is 1. The first-order valence-electron chi connectivity index (χ1n) is 5.05. The van der Waals surface area contributed by atoms with Gasteiger partial charge in [-0.1, -0.05) is 30.3 Å². The molecular weight excluding hydrogens is 224 g/mol. The average Bonchev–Trinajstić information content (AvgIpc) is 2.32. The molecule has 0 aliphatic heterocycles. The van der Waals surface area contributed by atoms with Crippen LogP contribution in [0.5, 0.6) is 5.75 Å². The number of nitrogens with zero attached hydrogens (tertiary/aromatic N) is 1. The number of hydrogen-bond acceptors (Lipinski definition) is 2. The summed E-state index contributed by atoms with van der Waals surface area (Å²) in [4.78, 5) is 0. The highest BCUT2D eigenvalue weighted by Crippen LogP contribution is 2.29. The molecule has 2 aromatic rings. The highest BCUT2D eigenvalue weighted by atomic mass is 19.3. The molecule has 17 heavy (non-hydrogen) atoms. The van der Waals surface area contributed by atoms with Crippen molar-refractivity contribution in [3.8, 4) is 11.8 Å². The lowest BCUT2D eigenvalue weighted by molar-refractivity contribution is -0.0502. The first-order chi connectivity index (χ1) is 8.22. The van der Waals surface area contributed by atoms with Crippen molar-refractivity contribution < 1.29 is 13.5 Å². The predicted molar refractivity (Wildman–Crippen MR) is 59.9 cm³/mol. The summed E-state index contributed by atoms with van der Waals surface area (Å²) in [5.41, 5.74) is 0.505. The zero-order chi connectivity index (χ0) is 12.3. The van der Waals surface area contributed by atoms with Gasteiger partial charge in [0, 0.05) is 5.56 Å². The van der Waals surface area contributed by atoms with Crippen molar-refractivity contribution in [1.82, 2.24) is 0 Å². The van der Waals surface area contributed by atoms with E-state index < -0.39 is 6.61 Å². The summed E-state index contributed by atoms with van der Waals surface area (Å²) in [5, 5.41) is 10.4. The van der Waals surface area contributed by atoms with Crippen LogP contribution in [0, 0.1) is 11.3 Å². The standard InChI is InChI=1S/C13H9F2NO/c14-13(15)17-12-6-5-9-3-1-2-4-10(9)11(12)7-8-16/h1-6,13H,7H2. The van der Waals surface area contributed by atoms with Gasteiger partial charge >= 0.3 is 6.61 Å². The molecule has 4 heteroatoms. The van der Waals surface area contributed by atoms with Gasteiger partial charge in [-0.2, -0.15) is 14.0 Å². The summed E-state index contributed by atoms with van der Waals surface area (Å²) in [5.74, 6) is 0.0697. The maximum absolute atomic E-state index is 12.2. The lowest BCUT2D eigenvalue weighted by atomic mass is 10.0. The molecule has 0 aromatic heterocycles. The molecule has 0 radical (unpaired) electrons. The molecule has 2 nitrogen and oxygen atoms in total. The van der Waals surface area contributed by atoms with Crippen molar-refractivity contribution >= 4 is 10.8 Å². The van der Waals surface area contributed by atoms with E-state index in [0.717, 1.165) is 10.8 Å². The minimum absolute atomic E-state index is 0.0450. The summed E-state index contributed by atoms with van der Waals surface area (Å²) in [6.45, 7) is -2.88. The molecule has 0 amide bonds. The Labute approximate surface area is 97.0 Å². The van der Waals surface area contributed by atoms with E-state index in [1.54, 1.807) is 18.2 Å². The fraction of sp³-hybridized carbons (Fsp3) is 0.154. The maximum atomic E-state index is 12.2. The fourth-order valence-electron chi connectivity index (χ4n) is 1.78. The molecule has 86 valence electrons. The third kappa shape index (κ3) is 2.34. The molecule has 0 aliphatic carbocycles. The van der Waals surface area contributed by atoms with Crippen LogP contribution in [0.2, 0.25) is 0 Å². The van der Waals surface area contributed by atoms with Crippen LogP contribution in [-0.4, -0.2) is 6.61 Å². The minimum atomic E-state index is -2.88. The van der Waals surface area contributed by atoms with Crippen molar-refractivity contribution in [3.05, 3.63) is 42.0 Å². The molecule has 0 spiro atoms. The van der Waals surface area contributed by atoms with Gasteiger partial charge in [-0.05, 0) is 16.8 Å². The summed E-state index contributed by atoms with van der Waals surface area (Å²) in [7, 11) is 0. The van der Waals surface area contributed by atoms with E-state index in [1.165, 1.54) is 6.07 Å². The van der Waals surface area contributed by atoms with E-state index in [4.69, 9.17) is 5.26 Å². The second kappa shape index (κ2) is 4.79. The molecule has 0 saturated carbocycles. The SMILES string of the molecule is N#CCc1c(OC(F)F)ccc2ccccc12. The molecule has 0 saturated heterocycles. The molecule has 0 unspecified atom stereocenters. The maximum Gasteiger partial charge on any atom is 0.387 e. The molecule has 0 aliphatic rings. The predicted octanol–water partition coefficient (Wildman–Crippen LogP) is 3.51. The monoisotopic (exact) mass is 233 g/mol. The van der Waals surface area contributed by atoms with Gasteiger partial charge in [0.15, 0.2) is 0 Å². The topological polar surface area (TPSA) is 33.0 Å². The van der Waals surface area contributed by atoms with E-state index in [1.807, 2.05) is 18.2 Å². The van der Waals surface area contributed by atoms with E-state index >= 15 is 0 Å². The van der Waals surface area contributed by atoms with E-state index in [9.17, 15) is 8.78 Å². The zero-order valence-electron chi connectivity index (χ0n) is 8.86. The van der Waals surface area contributed by atoms with Crippen LogP contribution >= 0.6 is 0 Å². The minimum Gasteiger partial charge on any atom is -0.434 e. The van der Waals surface area contributed by atoms with E-state index in [-0.39, 0.29) is 12.2 Å². The van der Waals surface area contributed by atoms with Gasteiger partial charge in [0.25, 0.3) is 0 Å². The van der Waals surface area contributed by atoms with Crippen molar-refractivity contribution in [2.75, 3.05) is 0 Å². The molecule has 2 aromatic carbocycles. The van der Waals surface area contributed by atoms with E-state index in [2.05, 4.69) is 4.74 Å². The summed E-state index contributed by atoms with van der Waals surface area (Å²) >= 11 is 0. The normalized spacial score (nSPS) is 10.5. The molecule has 0 fully saturated rings. The number of alkyl halides is 2. The number of hydrogen-bond donors (Lipinski definition) is 0. The van der Waals surface area contributed by atoms with Crippen LogP contribution < -0.4 is 4.74 Å². The molecular formula is C13H9F2NO. The molecule has 2 rings (SSSR count). The van der Waals surface area contributed by atoms with Gasteiger partial charge in [-0.15, -0.1) is 0 Å². The van der Waals surface area contributed by atoms with Gasteiger partial charge in [0.2, 0.25) is 0 Å². The molecule has 0 heterocycles. The third-order valence-corrected chi connectivity index (χ3v) is 2.47. The number of fused-ring (bicyclic) bond motifs is 1. The largest absolute Gasteiger partial charge is 0.434 e. The molecule has 0 N–H and O–H groups in total. The molecule has 0 bridgehead atoms. The van der Waals surface area contributed by atoms with Gasteiger partial charge < -0.3 is 4.74 Å². The molecule has 0 atom stereocenters. The van der Waals surface area contributed by atoms with Crippen molar-refractivity contribution in [1.29, 1.82) is 5.26 Å². The number of rotatable bonds is 3. The Morgan fingerprint density at radius 1 is 1.18 bits per heavy atom. The lowest BCUT2D eigenvalue weighted by Gasteiger charge is -2.11. The van der Waals surface area contributed by atoms with Gasteiger partial charge in [0.1, 0.15) is 5.75 Å². The summed E-state index contributed by atoms with van der Waals surface area (Å²) in [6.07, 6.45) is 0.0450. The van der Waals surface area contributed by atoms with Gasteiger partial charge in [-0.3, -0.25) is 0 Å². The Bertz CT molecular complexity index is 575. The van der Waals surface area contributed by atoms with Crippen molar-refractivity contribution in [3.63, 3.8) is 0 Å². The zero-order valence-corrected chi connectivity index (χ0v) is 8.86. The summed E-state index contributed by atoms with van der Waals surface area (Å²) in [6, 6.07) is 12.5. The number of ether oxygens (including phenoxy) is 1. The van der Waals surface area contributed by atoms with Crippen molar-refractivity contribution in [2.24, 2.45) is 0 Å². The summed E-state index contributed by atoms with van der Waals surface area (Å²) < 4.78 is 28.9. The van der Waals surface area contributed by atoms with E-state index in [0.29, 0.717) is 5.56 Å². The number of halogens is 2.